The Labute approximate surface area is 123 Å². The number of hydrogen-bond acceptors (Lipinski definition) is 4. The normalized spacial score (nSPS) is 12.9. The molecule has 0 aliphatic carbocycles. The highest BCUT2D eigenvalue weighted by molar-refractivity contribution is 5.74. The second-order valence-electron chi connectivity index (χ2n) is 5.08. The highest BCUT2D eigenvalue weighted by Gasteiger charge is 2.16. The Morgan fingerprint density at radius 3 is 2.95 bits per heavy atom. The summed E-state index contributed by atoms with van der Waals surface area (Å²) in [5.41, 5.74) is 6.10. The molecular weight excluding hydrogens is 264 g/mol. The zero-order valence-corrected chi connectivity index (χ0v) is 12.1. The maximum atomic E-state index is 5.76. The number of para-hydroxylation sites is 2. The predicted molar refractivity (Wildman–Crippen MR) is 82.3 cm³/mol. The van der Waals surface area contributed by atoms with Crippen LogP contribution in [-0.2, 0) is 13.1 Å². The van der Waals surface area contributed by atoms with E-state index >= 15 is 0 Å². The zero-order valence-electron chi connectivity index (χ0n) is 12.1. The van der Waals surface area contributed by atoms with Gasteiger partial charge in [0.25, 0.3) is 0 Å². The van der Waals surface area contributed by atoms with Crippen molar-refractivity contribution < 1.29 is 0 Å². The number of rotatable bonds is 6. The number of hydrogen-bond donors (Lipinski definition) is 2. The van der Waals surface area contributed by atoms with Crippen LogP contribution < -0.4 is 11.3 Å². The molecule has 0 aliphatic rings. The number of nitrogens with zero attached hydrogens (tertiary/aromatic N) is 4. The van der Waals surface area contributed by atoms with E-state index in [0.29, 0.717) is 6.54 Å². The summed E-state index contributed by atoms with van der Waals surface area (Å²) in [5, 5.41) is 4.36. The van der Waals surface area contributed by atoms with E-state index in [1.165, 1.54) is 0 Å². The molecule has 3 aromatic rings. The van der Waals surface area contributed by atoms with Crippen LogP contribution in [0.15, 0.2) is 42.9 Å². The number of hydrazine groups is 1. The summed E-state index contributed by atoms with van der Waals surface area (Å²) in [4.78, 5) is 4.42. The number of nitrogens with one attached hydrogen (secondary N) is 1. The third-order valence-corrected chi connectivity index (χ3v) is 3.65. The molecule has 3 N–H and O–H groups in total. The fraction of sp³-hybridized carbons (Fsp3) is 0.333. The first-order chi connectivity index (χ1) is 10.3. The van der Waals surface area contributed by atoms with Gasteiger partial charge in [-0.2, -0.15) is 5.10 Å². The van der Waals surface area contributed by atoms with Crippen molar-refractivity contribution in [1.82, 2.24) is 24.8 Å². The van der Waals surface area contributed by atoms with E-state index in [4.69, 9.17) is 5.84 Å². The monoisotopic (exact) mass is 284 g/mol. The van der Waals surface area contributed by atoms with Crippen molar-refractivity contribution in [3.63, 3.8) is 0 Å². The molecule has 0 saturated carbocycles. The van der Waals surface area contributed by atoms with E-state index in [-0.39, 0.29) is 6.04 Å². The van der Waals surface area contributed by atoms with Gasteiger partial charge in [-0.15, -0.1) is 0 Å². The Kier molecular flexibility index (Phi) is 3.98. The van der Waals surface area contributed by atoms with Gasteiger partial charge < -0.3 is 4.57 Å². The second kappa shape index (κ2) is 6.07. The quantitative estimate of drug-likeness (QED) is 0.535. The van der Waals surface area contributed by atoms with Crippen LogP contribution in [0.2, 0.25) is 0 Å². The Morgan fingerprint density at radius 2 is 2.14 bits per heavy atom. The summed E-state index contributed by atoms with van der Waals surface area (Å²) < 4.78 is 4.12. The van der Waals surface area contributed by atoms with Crippen LogP contribution in [0.25, 0.3) is 11.0 Å². The number of fused-ring (bicyclic) bond motifs is 1. The first-order valence-electron chi connectivity index (χ1n) is 7.21. The minimum absolute atomic E-state index is 0.00310. The van der Waals surface area contributed by atoms with E-state index in [2.05, 4.69) is 33.1 Å². The summed E-state index contributed by atoms with van der Waals surface area (Å²) in [5.74, 6) is 5.76. The first kappa shape index (κ1) is 13.8. The summed E-state index contributed by atoms with van der Waals surface area (Å²) in [6.45, 7) is 3.75. The predicted octanol–water partition coefficient (Wildman–Crippen LogP) is 1.85. The van der Waals surface area contributed by atoms with Crippen LogP contribution in [-0.4, -0.2) is 19.3 Å². The molecule has 0 aliphatic heterocycles. The summed E-state index contributed by atoms with van der Waals surface area (Å²) >= 11 is 0. The van der Waals surface area contributed by atoms with Crippen molar-refractivity contribution in [3.8, 4) is 0 Å². The average Bonchev–Trinajstić information content (AvgIpc) is 3.12. The van der Waals surface area contributed by atoms with Gasteiger partial charge in [0.05, 0.1) is 29.1 Å². The van der Waals surface area contributed by atoms with Crippen molar-refractivity contribution in [2.75, 3.05) is 0 Å². The SMILES string of the molecule is CCCn1nccc1C(Cn1cnc2ccccc21)NN. The molecule has 110 valence electrons. The van der Waals surface area contributed by atoms with Gasteiger partial charge in [-0.1, -0.05) is 19.1 Å². The van der Waals surface area contributed by atoms with Gasteiger partial charge in [0.2, 0.25) is 0 Å². The smallest absolute Gasteiger partial charge is 0.0958 e. The number of imidazole rings is 1. The molecule has 0 saturated heterocycles. The molecule has 0 amide bonds. The summed E-state index contributed by atoms with van der Waals surface area (Å²) in [6, 6.07) is 10.1. The van der Waals surface area contributed by atoms with Gasteiger partial charge in [-0.25, -0.2) is 10.4 Å². The molecule has 3 rings (SSSR count). The molecule has 0 spiro atoms. The van der Waals surface area contributed by atoms with Crippen molar-refractivity contribution >= 4 is 11.0 Å². The van der Waals surface area contributed by atoms with Crippen LogP contribution in [0.4, 0.5) is 0 Å². The standard InChI is InChI=1S/C15H20N6/c1-2-9-21-15(7-8-18-21)13(19-16)10-20-11-17-12-5-3-4-6-14(12)20/h3-8,11,13,19H,2,9-10,16H2,1H3. The molecule has 6 heteroatoms. The van der Waals surface area contributed by atoms with E-state index in [1.807, 2.05) is 41.5 Å². The second-order valence-corrected chi connectivity index (χ2v) is 5.08. The minimum atomic E-state index is -0.00310. The summed E-state index contributed by atoms with van der Waals surface area (Å²) in [6.07, 6.45) is 4.72. The Bertz CT molecular complexity index is 714. The Morgan fingerprint density at radius 1 is 1.29 bits per heavy atom. The van der Waals surface area contributed by atoms with Gasteiger partial charge in [0.15, 0.2) is 0 Å². The van der Waals surface area contributed by atoms with Gasteiger partial charge in [-0.3, -0.25) is 10.5 Å². The highest BCUT2D eigenvalue weighted by atomic mass is 15.3. The van der Waals surface area contributed by atoms with Crippen LogP contribution >= 0.6 is 0 Å². The van der Waals surface area contributed by atoms with Crippen molar-refractivity contribution in [3.05, 3.63) is 48.5 Å². The molecule has 0 bridgehead atoms. The van der Waals surface area contributed by atoms with Crippen molar-refractivity contribution in [2.24, 2.45) is 5.84 Å². The topological polar surface area (TPSA) is 73.7 Å². The largest absolute Gasteiger partial charge is 0.329 e. The Hall–Kier alpha value is -2.18. The summed E-state index contributed by atoms with van der Waals surface area (Å²) in [7, 11) is 0. The number of nitrogens with two attached hydrogens (primary N) is 1. The van der Waals surface area contributed by atoms with Gasteiger partial charge in [0.1, 0.15) is 0 Å². The Balaban J connectivity index is 1.89. The molecule has 2 aromatic heterocycles. The first-order valence-corrected chi connectivity index (χ1v) is 7.21. The number of aromatic nitrogens is 4. The van der Waals surface area contributed by atoms with E-state index in [1.54, 1.807) is 0 Å². The minimum Gasteiger partial charge on any atom is -0.329 e. The molecular formula is C15H20N6. The van der Waals surface area contributed by atoms with Gasteiger partial charge in [0, 0.05) is 19.3 Å². The van der Waals surface area contributed by atoms with E-state index in [9.17, 15) is 0 Å². The molecule has 1 unspecified atom stereocenters. The fourth-order valence-corrected chi connectivity index (χ4v) is 2.62. The average molecular weight is 284 g/mol. The van der Waals surface area contributed by atoms with Crippen molar-refractivity contribution in [2.45, 2.75) is 32.5 Å². The molecule has 1 aromatic carbocycles. The van der Waals surface area contributed by atoms with Crippen LogP contribution in [0, 0.1) is 0 Å². The molecule has 0 radical (unpaired) electrons. The van der Waals surface area contributed by atoms with Gasteiger partial charge in [-0.05, 0) is 24.6 Å². The fourth-order valence-electron chi connectivity index (χ4n) is 2.62. The van der Waals surface area contributed by atoms with Crippen LogP contribution in [0.1, 0.15) is 25.1 Å². The molecule has 2 heterocycles. The third kappa shape index (κ3) is 2.68. The zero-order chi connectivity index (χ0) is 14.7. The molecule has 0 fully saturated rings. The highest BCUT2D eigenvalue weighted by Crippen LogP contribution is 2.18. The maximum absolute atomic E-state index is 5.76. The van der Waals surface area contributed by atoms with E-state index < -0.39 is 0 Å². The lowest BCUT2D eigenvalue weighted by atomic mass is 10.2. The van der Waals surface area contributed by atoms with Gasteiger partial charge >= 0.3 is 0 Å². The van der Waals surface area contributed by atoms with E-state index in [0.717, 1.165) is 29.7 Å². The maximum Gasteiger partial charge on any atom is 0.0958 e. The number of benzene rings is 1. The van der Waals surface area contributed by atoms with Crippen LogP contribution in [0.5, 0.6) is 0 Å². The van der Waals surface area contributed by atoms with Crippen LogP contribution in [0.3, 0.4) is 0 Å². The number of aryl methyl sites for hydroxylation is 1. The molecule has 21 heavy (non-hydrogen) atoms. The van der Waals surface area contributed by atoms with Crippen molar-refractivity contribution in [1.29, 1.82) is 0 Å². The lowest BCUT2D eigenvalue weighted by Gasteiger charge is -2.18. The lowest BCUT2D eigenvalue weighted by Crippen LogP contribution is -2.33. The lowest BCUT2D eigenvalue weighted by molar-refractivity contribution is 0.435. The third-order valence-electron chi connectivity index (χ3n) is 3.65. The molecule has 1 atom stereocenters. The molecule has 6 nitrogen and oxygen atoms in total.